The number of anilines is 1. The summed E-state index contributed by atoms with van der Waals surface area (Å²) >= 11 is 0. The third-order valence-corrected chi connectivity index (χ3v) is 4.61. The highest BCUT2D eigenvalue weighted by molar-refractivity contribution is 5.35. The lowest BCUT2D eigenvalue weighted by molar-refractivity contribution is -0.141. The lowest BCUT2D eigenvalue weighted by Gasteiger charge is -2.35. The van der Waals surface area contributed by atoms with Gasteiger partial charge in [-0.2, -0.15) is 18.3 Å². The monoisotopic (exact) mass is 382 g/mol. The quantitative estimate of drug-likeness (QED) is 0.824. The molecule has 0 bridgehead atoms. The summed E-state index contributed by atoms with van der Waals surface area (Å²) in [5.41, 5.74) is -1.11. The minimum Gasteiger partial charge on any atom is -0.368 e. The Balaban J connectivity index is 1.59. The number of nitrogens with one attached hydrogen (secondary N) is 1. The Morgan fingerprint density at radius 1 is 1.22 bits per heavy atom. The van der Waals surface area contributed by atoms with Crippen LogP contribution in [0.2, 0.25) is 0 Å². The molecule has 0 saturated carbocycles. The van der Waals surface area contributed by atoms with E-state index in [2.05, 4.69) is 25.3 Å². The van der Waals surface area contributed by atoms with Crippen molar-refractivity contribution in [3.8, 4) is 0 Å². The van der Waals surface area contributed by atoms with Crippen LogP contribution in [0.25, 0.3) is 0 Å². The normalized spacial score (nSPS) is 18.4. The number of piperidine rings is 1. The Morgan fingerprint density at radius 2 is 2.07 bits per heavy atom. The molecule has 0 amide bonds. The predicted molar refractivity (Wildman–Crippen MR) is 93.2 cm³/mol. The average Bonchev–Trinajstić information content (AvgIpc) is 2.66. The van der Waals surface area contributed by atoms with Crippen molar-refractivity contribution < 1.29 is 13.2 Å². The molecule has 27 heavy (non-hydrogen) atoms. The summed E-state index contributed by atoms with van der Waals surface area (Å²) in [4.78, 5) is 21.1. The summed E-state index contributed by atoms with van der Waals surface area (Å²) in [5, 5.41) is 7.04. The molecule has 7 nitrogen and oxygen atoms in total. The number of halogens is 3. The zero-order valence-corrected chi connectivity index (χ0v) is 14.7. The summed E-state index contributed by atoms with van der Waals surface area (Å²) in [6.07, 6.45) is 1.04. The summed E-state index contributed by atoms with van der Waals surface area (Å²) in [6.45, 7) is 2.49. The molecule has 2 aromatic heterocycles. The molecule has 2 aromatic rings. The molecule has 1 unspecified atom stereocenters. The first-order chi connectivity index (χ1) is 12.9. The fourth-order valence-corrected chi connectivity index (χ4v) is 3.20. The number of rotatable bonds is 6. The van der Waals surface area contributed by atoms with Crippen molar-refractivity contribution in [1.29, 1.82) is 0 Å². The summed E-state index contributed by atoms with van der Waals surface area (Å²) in [7, 11) is 0. The molecule has 1 fully saturated rings. The van der Waals surface area contributed by atoms with Crippen molar-refractivity contribution in [1.82, 2.24) is 24.6 Å². The van der Waals surface area contributed by atoms with Gasteiger partial charge in [0, 0.05) is 37.5 Å². The van der Waals surface area contributed by atoms with Crippen molar-refractivity contribution in [3.63, 3.8) is 0 Å². The first-order valence-corrected chi connectivity index (χ1v) is 8.83. The molecule has 1 aliphatic heterocycles. The predicted octanol–water partition coefficient (Wildman–Crippen LogP) is 2.02. The van der Waals surface area contributed by atoms with E-state index in [1.54, 1.807) is 12.3 Å². The van der Waals surface area contributed by atoms with E-state index in [1.807, 2.05) is 0 Å². The fourth-order valence-electron chi connectivity index (χ4n) is 3.20. The maximum Gasteiger partial charge on any atom is 0.433 e. The Bertz CT molecular complexity index is 809. The van der Waals surface area contributed by atoms with Gasteiger partial charge >= 0.3 is 6.18 Å². The van der Waals surface area contributed by atoms with Gasteiger partial charge in [0.05, 0.1) is 6.54 Å². The van der Waals surface area contributed by atoms with Gasteiger partial charge < -0.3 is 5.32 Å². The van der Waals surface area contributed by atoms with Gasteiger partial charge in [0.1, 0.15) is 17.8 Å². The van der Waals surface area contributed by atoms with E-state index in [9.17, 15) is 18.0 Å². The van der Waals surface area contributed by atoms with Crippen LogP contribution in [-0.4, -0.2) is 50.3 Å². The molecule has 0 aliphatic carbocycles. The molecule has 10 heteroatoms. The van der Waals surface area contributed by atoms with Crippen LogP contribution in [0.1, 0.15) is 25.0 Å². The van der Waals surface area contributed by atoms with Gasteiger partial charge in [0.15, 0.2) is 0 Å². The molecule has 1 aliphatic rings. The molecule has 3 rings (SSSR count). The van der Waals surface area contributed by atoms with Crippen molar-refractivity contribution in [2.75, 3.05) is 25.0 Å². The highest BCUT2D eigenvalue weighted by Gasteiger charge is 2.33. The number of hydrogen-bond acceptors (Lipinski definition) is 6. The molecule has 146 valence electrons. The van der Waals surface area contributed by atoms with Gasteiger partial charge in [-0.05, 0) is 25.5 Å². The second-order valence-corrected chi connectivity index (χ2v) is 6.44. The van der Waals surface area contributed by atoms with E-state index in [0.717, 1.165) is 38.2 Å². The molecule has 0 spiro atoms. The second kappa shape index (κ2) is 8.47. The van der Waals surface area contributed by atoms with Crippen LogP contribution < -0.4 is 10.9 Å². The van der Waals surface area contributed by atoms with Crippen LogP contribution >= 0.6 is 0 Å². The molecule has 0 aromatic carbocycles. The standard InChI is InChI=1S/C17H21F3N6O/c18-17(19,20)14-10-15(23-12-22-14)21-11-13-4-1-2-7-25(13)8-9-26-16(27)5-3-6-24-26/h3,5-6,10,12-13H,1-2,4,7-9,11H2,(H,21,22,23). The van der Waals surface area contributed by atoms with Crippen LogP contribution in [0.15, 0.2) is 35.5 Å². The van der Waals surface area contributed by atoms with Gasteiger partial charge in [0.2, 0.25) is 0 Å². The first kappa shape index (κ1) is 19.3. The van der Waals surface area contributed by atoms with E-state index in [0.29, 0.717) is 19.6 Å². The van der Waals surface area contributed by atoms with Crippen molar-refractivity contribution >= 4 is 5.82 Å². The maximum atomic E-state index is 12.8. The Hall–Kier alpha value is -2.49. The van der Waals surface area contributed by atoms with Crippen LogP contribution in [-0.2, 0) is 12.7 Å². The van der Waals surface area contributed by atoms with Gasteiger partial charge in [-0.15, -0.1) is 0 Å². The highest BCUT2D eigenvalue weighted by Crippen LogP contribution is 2.28. The number of nitrogens with zero attached hydrogens (tertiary/aromatic N) is 5. The first-order valence-electron chi connectivity index (χ1n) is 8.83. The van der Waals surface area contributed by atoms with Crippen LogP contribution in [0.3, 0.4) is 0 Å². The van der Waals surface area contributed by atoms with Crippen LogP contribution in [0, 0.1) is 0 Å². The fraction of sp³-hybridized carbons (Fsp3) is 0.529. The SMILES string of the molecule is O=c1cccnn1CCN1CCCCC1CNc1cc(C(F)(F)F)ncn1. The Kier molecular flexibility index (Phi) is 6.04. The molecule has 0 radical (unpaired) electrons. The van der Waals surface area contributed by atoms with Crippen LogP contribution in [0.5, 0.6) is 0 Å². The summed E-state index contributed by atoms with van der Waals surface area (Å²) in [6, 6.07) is 4.14. The topological polar surface area (TPSA) is 75.9 Å². The smallest absolute Gasteiger partial charge is 0.368 e. The third-order valence-electron chi connectivity index (χ3n) is 4.61. The summed E-state index contributed by atoms with van der Waals surface area (Å²) < 4.78 is 39.7. The average molecular weight is 382 g/mol. The molecule has 1 saturated heterocycles. The molecule has 3 heterocycles. The zero-order chi connectivity index (χ0) is 19.3. The van der Waals surface area contributed by atoms with E-state index in [4.69, 9.17) is 0 Å². The molecular formula is C17H21F3N6O. The van der Waals surface area contributed by atoms with Gasteiger partial charge in [0.25, 0.3) is 5.56 Å². The Labute approximate surface area is 154 Å². The Morgan fingerprint density at radius 3 is 2.85 bits per heavy atom. The highest BCUT2D eigenvalue weighted by atomic mass is 19.4. The van der Waals surface area contributed by atoms with Gasteiger partial charge in [-0.3, -0.25) is 9.69 Å². The lowest BCUT2D eigenvalue weighted by atomic mass is 10.0. The van der Waals surface area contributed by atoms with Gasteiger partial charge in [-0.25, -0.2) is 14.6 Å². The lowest BCUT2D eigenvalue weighted by Crippen LogP contribution is -2.45. The molecule has 1 atom stereocenters. The number of hydrogen-bond donors (Lipinski definition) is 1. The minimum absolute atomic E-state index is 0.148. The van der Waals surface area contributed by atoms with E-state index in [-0.39, 0.29) is 17.4 Å². The van der Waals surface area contributed by atoms with Gasteiger partial charge in [-0.1, -0.05) is 6.42 Å². The number of alkyl halides is 3. The number of likely N-dealkylation sites (tertiary alicyclic amines) is 1. The molecule has 1 N–H and O–H groups in total. The molecular weight excluding hydrogens is 361 g/mol. The van der Waals surface area contributed by atoms with E-state index >= 15 is 0 Å². The maximum absolute atomic E-state index is 12.8. The van der Waals surface area contributed by atoms with Crippen molar-refractivity contribution in [2.45, 2.75) is 38.0 Å². The number of aromatic nitrogens is 4. The zero-order valence-electron chi connectivity index (χ0n) is 14.7. The second-order valence-electron chi connectivity index (χ2n) is 6.44. The van der Waals surface area contributed by atoms with Crippen molar-refractivity contribution in [2.24, 2.45) is 0 Å². The van der Waals surface area contributed by atoms with E-state index < -0.39 is 11.9 Å². The van der Waals surface area contributed by atoms with E-state index in [1.165, 1.54) is 10.7 Å². The van der Waals surface area contributed by atoms with Crippen LogP contribution in [0.4, 0.5) is 19.0 Å². The summed E-state index contributed by atoms with van der Waals surface area (Å²) in [5.74, 6) is 0.156. The third kappa shape index (κ3) is 5.25. The minimum atomic E-state index is -4.49. The van der Waals surface area contributed by atoms with Crippen molar-refractivity contribution in [3.05, 3.63) is 46.8 Å². The largest absolute Gasteiger partial charge is 0.433 e.